The highest BCUT2D eigenvalue weighted by molar-refractivity contribution is 5.80. The number of rotatable bonds is 5. The molecule has 17 heavy (non-hydrogen) atoms. The Hall–Kier alpha value is -1.55. The minimum Gasteiger partial charge on any atom is -0.409 e. The summed E-state index contributed by atoms with van der Waals surface area (Å²) in [6.07, 6.45) is 0.568. The minimum absolute atomic E-state index is 0.243. The van der Waals surface area contributed by atoms with E-state index in [0.717, 1.165) is 6.54 Å². The van der Waals surface area contributed by atoms with Crippen LogP contribution in [0.4, 0.5) is 0 Å². The third kappa shape index (κ3) is 4.44. The van der Waals surface area contributed by atoms with Crippen molar-refractivity contribution < 1.29 is 5.21 Å². The second-order valence-corrected chi connectivity index (χ2v) is 4.55. The van der Waals surface area contributed by atoms with Crippen LogP contribution >= 0.6 is 0 Å². The molecule has 0 spiro atoms. The molecule has 1 unspecified atom stereocenters. The normalized spacial score (nSPS) is 14.0. The molecule has 0 fully saturated rings. The van der Waals surface area contributed by atoms with Crippen molar-refractivity contribution in [3.63, 3.8) is 0 Å². The van der Waals surface area contributed by atoms with Crippen molar-refractivity contribution in [3.05, 3.63) is 35.4 Å². The zero-order valence-corrected chi connectivity index (χ0v) is 10.7. The van der Waals surface area contributed by atoms with Crippen molar-refractivity contribution >= 4 is 5.84 Å². The number of oxime groups is 1. The third-order valence-electron chi connectivity index (χ3n) is 2.94. The summed E-state index contributed by atoms with van der Waals surface area (Å²) in [4.78, 5) is 2.18. The van der Waals surface area contributed by atoms with Crippen LogP contribution in [0.3, 0.4) is 0 Å². The minimum atomic E-state index is 0.243. The quantitative estimate of drug-likeness (QED) is 0.355. The number of hydrogen-bond donors (Lipinski definition) is 2. The summed E-state index contributed by atoms with van der Waals surface area (Å²) in [5.74, 6) is 0.272. The monoisotopic (exact) mass is 235 g/mol. The van der Waals surface area contributed by atoms with E-state index in [0.29, 0.717) is 6.42 Å². The van der Waals surface area contributed by atoms with Gasteiger partial charge in [-0.25, -0.2) is 0 Å². The second kappa shape index (κ2) is 6.25. The topological polar surface area (TPSA) is 61.8 Å². The van der Waals surface area contributed by atoms with Gasteiger partial charge in [-0.15, -0.1) is 0 Å². The summed E-state index contributed by atoms with van der Waals surface area (Å²) in [7, 11) is 2.04. The average molecular weight is 235 g/mol. The number of amidine groups is 1. The van der Waals surface area contributed by atoms with Crippen molar-refractivity contribution in [2.75, 3.05) is 7.05 Å². The molecule has 0 amide bonds. The lowest BCUT2D eigenvalue weighted by atomic mass is 10.1. The smallest absolute Gasteiger partial charge is 0.140 e. The summed E-state index contributed by atoms with van der Waals surface area (Å²) in [6, 6.07) is 8.71. The molecule has 1 aromatic rings. The van der Waals surface area contributed by atoms with E-state index in [1.54, 1.807) is 0 Å². The lowest BCUT2D eigenvalue weighted by molar-refractivity contribution is 0.251. The van der Waals surface area contributed by atoms with E-state index in [1.165, 1.54) is 11.1 Å². The zero-order chi connectivity index (χ0) is 12.8. The van der Waals surface area contributed by atoms with Crippen LogP contribution in [-0.2, 0) is 6.54 Å². The van der Waals surface area contributed by atoms with Gasteiger partial charge in [0.1, 0.15) is 5.84 Å². The molecule has 0 aliphatic heterocycles. The van der Waals surface area contributed by atoms with Crippen LogP contribution in [0.15, 0.2) is 29.4 Å². The van der Waals surface area contributed by atoms with Crippen LogP contribution in [0.2, 0.25) is 0 Å². The maximum Gasteiger partial charge on any atom is 0.140 e. The molecule has 0 saturated heterocycles. The van der Waals surface area contributed by atoms with Crippen LogP contribution in [0.5, 0.6) is 0 Å². The first-order valence-electron chi connectivity index (χ1n) is 5.75. The Kier molecular flexibility index (Phi) is 4.97. The molecule has 0 aromatic heterocycles. The van der Waals surface area contributed by atoms with Gasteiger partial charge in [0.05, 0.1) is 0 Å². The van der Waals surface area contributed by atoms with Gasteiger partial charge >= 0.3 is 0 Å². The molecular formula is C13H21N3O. The Bertz CT molecular complexity index is 373. The molecule has 0 saturated carbocycles. The van der Waals surface area contributed by atoms with Crippen LogP contribution in [-0.4, -0.2) is 29.0 Å². The predicted molar refractivity (Wildman–Crippen MR) is 70.1 cm³/mol. The van der Waals surface area contributed by atoms with E-state index in [4.69, 9.17) is 10.9 Å². The lowest BCUT2D eigenvalue weighted by Crippen LogP contribution is -2.32. The highest BCUT2D eigenvalue weighted by Gasteiger charge is 2.11. The second-order valence-electron chi connectivity index (χ2n) is 4.55. The third-order valence-corrected chi connectivity index (χ3v) is 2.94. The number of nitrogens with two attached hydrogens (primary N) is 1. The molecule has 1 rings (SSSR count). The molecule has 4 heteroatoms. The van der Waals surface area contributed by atoms with E-state index >= 15 is 0 Å². The Morgan fingerprint density at radius 2 is 2.00 bits per heavy atom. The maximum atomic E-state index is 8.53. The first-order chi connectivity index (χ1) is 8.02. The van der Waals surface area contributed by atoms with Gasteiger partial charge in [0.25, 0.3) is 0 Å². The first-order valence-corrected chi connectivity index (χ1v) is 5.75. The lowest BCUT2D eigenvalue weighted by Gasteiger charge is -2.24. The fourth-order valence-electron chi connectivity index (χ4n) is 1.64. The summed E-state index contributed by atoms with van der Waals surface area (Å²) in [6.45, 7) is 5.00. The summed E-state index contributed by atoms with van der Waals surface area (Å²) in [5.41, 5.74) is 8.03. The molecule has 1 aromatic carbocycles. The molecule has 94 valence electrons. The number of hydrogen-bond acceptors (Lipinski definition) is 3. The van der Waals surface area contributed by atoms with E-state index in [-0.39, 0.29) is 11.9 Å². The van der Waals surface area contributed by atoms with Gasteiger partial charge in [-0.1, -0.05) is 35.0 Å². The predicted octanol–water partition coefficient (Wildman–Crippen LogP) is 1.95. The van der Waals surface area contributed by atoms with Crippen LogP contribution in [0.1, 0.15) is 24.5 Å². The van der Waals surface area contributed by atoms with Crippen molar-refractivity contribution in [3.8, 4) is 0 Å². The van der Waals surface area contributed by atoms with E-state index < -0.39 is 0 Å². The van der Waals surface area contributed by atoms with Gasteiger partial charge in [0, 0.05) is 19.0 Å². The van der Waals surface area contributed by atoms with E-state index in [1.807, 2.05) is 7.05 Å². The highest BCUT2D eigenvalue weighted by Crippen LogP contribution is 2.09. The Morgan fingerprint density at radius 1 is 1.41 bits per heavy atom. The van der Waals surface area contributed by atoms with E-state index in [2.05, 4.69) is 48.2 Å². The van der Waals surface area contributed by atoms with Gasteiger partial charge in [-0.3, -0.25) is 4.90 Å². The Morgan fingerprint density at radius 3 is 2.53 bits per heavy atom. The molecule has 0 radical (unpaired) electrons. The SMILES string of the molecule is Cc1ccc(CN(C)C(C)CC(N)=NO)cc1. The highest BCUT2D eigenvalue weighted by atomic mass is 16.4. The van der Waals surface area contributed by atoms with Crippen molar-refractivity contribution in [1.29, 1.82) is 0 Å². The standard InChI is InChI=1S/C13H21N3O/c1-10-4-6-12(7-5-10)9-16(3)11(2)8-13(14)15-17/h4-7,11,17H,8-9H2,1-3H3,(H2,14,15). The molecule has 0 bridgehead atoms. The van der Waals surface area contributed by atoms with Crippen molar-refractivity contribution in [2.45, 2.75) is 32.9 Å². The zero-order valence-electron chi connectivity index (χ0n) is 10.7. The number of benzene rings is 1. The first kappa shape index (κ1) is 13.5. The molecule has 0 aliphatic rings. The molecule has 0 aliphatic carbocycles. The summed E-state index contributed by atoms with van der Waals surface area (Å²) >= 11 is 0. The van der Waals surface area contributed by atoms with Crippen LogP contribution in [0, 0.1) is 6.92 Å². The molecule has 3 N–H and O–H groups in total. The van der Waals surface area contributed by atoms with Gasteiger partial charge in [-0.2, -0.15) is 0 Å². The van der Waals surface area contributed by atoms with Gasteiger partial charge in [0.2, 0.25) is 0 Å². The summed E-state index contributed by atoms with van der Waals surface area (Å²) in [5, 5.41) is 11.5. The number of nitrogens with zero attached hydrogens (tertiary/aromatic N) is 2. The maximum absolute atomic E-state index is 8.53. The fourth-order valence-corrected chi connectivity index (χ4v) is 1.64. The average Bonchev–Trinajstić information content (AvgIpc) is 2.31. The molecular weight excluding hydrogens is 214 g/mol. The van der Waals surface area contributed by atoms with Crippen LogP contribution < -0.4 is 5.73 Å². The fraction of sp³-hybridized carbons (Fsp3) is 0.462. The summed E-state index contributed by atoms with van der Waals surface area (Å²) < 4.78 is 0. The van der Waals surface area contributed by atoms with E-state index in [9.17, 15) is 0 Å². The number of aryl methyl sites for hydroxylation is 1. The Labute approximate surface area is 103 Å². The van der Waals surface area contributed by atoms with Gasteiger partial charge < -0.3 is 10.9 Å². The largest absolute Gasteiger partial charge is 0.409 e. The molecule has 4 nitrogen and oxygen atoms in total. The van der Waals surface area contributed by atoms with Gasteiger partial charge in [0.15, 0.2) is 0 Å². The molecule has 1 atom stereocenters. The Balaban J connectivity index is 2.53. The van der Waals surface area contributed by atoms with Crippen molar-refractivity contribution in [2.24, 2.45) is 10.9 Å². The van der Waals surface area contributed by atoms with Crippen molar-refractivity contribution in [1.82, 2.24) is 4.90 Å². The van der Waals surface area contributed by atoms with Gasteiger partial charge in [-0.05, 0) is 26.5 Å². The molecule has 0 heterocycles. The van der Waals surface area contributed by atoms with Crippen LogP contribution in [0.25, 0.3) is 0 Å².